The van der Waals surface area contributed by atoms with E-state index in [0.717, 1.165) is 17.8 Å². The highest BCUT2D eigenvalue weighted by Crippen LogP contribution is 2.40. The Hall–Kier alpha value is -0.0800. The third-order valence-corrected chi connectivity index (χ3v) is 6.04. The molecule has 1 saturated carbocycles. The maximum Gasteiger partial charge on any atom is 0.00795 e. The number of piperidine rings is 1. The molecule has 1 aliphatic carbocycles. The van der Waals surface area contributed by atoms with Gasteiger partial charge in [0.1, 0.15) is 0 Å². The zero-order valence-electron chi connectivity index (χ0n) is 14.2. The lowest BCUT2D eigenvalue weighted by atomic mass is 9.67. The smallest absolute Gasteiger partial charge is 0.00795 e. The van der Waals surface area contributed by atoms with Crippen LogP contribution in [-0.2, 0) is 0 Å². The van der Waals surface area contributed by atoms with Crippen molar-refractivity contribution in [2.24, 2.45) is 28.9 Å². The minimum absolute atomic E-state index is 0.442. The topological polar surface area (TPSA) is 29.3 Å². The van der Waals surface area contributed by atoms with Gasteiger partial charge in [-0.2, -0.15) is 0 Å². The zero-order chi connectivity index (χ0) is 14.8. The molecule has 0 aromatic carbocycles. The quantitative estimate of drug-likeness (QED) is 0.849. The van der Waals surface area contributed by atoms with Crippen molar-refractivity contribution in [2.75, 3.05) is 19.6 Å². The predicted octanol–water partition coefficient (Wildman–Crippen LogP) is 3.90. The van der Waals surface area contributed by atoms with Crippen molar-refractivity contribution in [1.82, 2.24) is 4.90 Å². The van der Waals surface area contributed by atoms with Crippen molar-refractivity contribution < 1.29 is 0 Å². The summed E-state index contributed by atoms with van der Waals surface area (Å²) in [6, 6.07) is 0.442. The van der Waals surface area contributed by atoms with Gasteiger partial charge in [-0.1, -0.05) is 34.1 Å². The summed E-state index contributed by atoms with van der Waals surface area (Å²) in [7, 11) is 0. The van der Waals surface area contributed by atoms with Crippen LogP contribution in [-0.4, -0.2) is 30.6 Å². The Morgan fingerprint density at radius 3 is 2.25 bits per heavy atom. The van der Waals surface area contributed by atoms with E-state index in [1.165, 1.54) is 58.2 Å². The minimum atomic E-state index is 0.442. The van der Waals surface area contributed by atoms with E-state index >= 15 is 0 Å². The number of likely N-dealkylation sites (tertiary alicyclic amines) is 1. The summed E-state index contributed by atoms with van der Waals surface area (Å²) in [5.41, 5.74) is 6.88. The van der Waals surface area contributed by atoms with Crippen LogP contribution in [0.25, 0.3) is 0 Å². The van der Waals surface area contributed by atoms with Crippen LogP contribution in [0.2, 0.25) is 0 Å². The molecule has 20 heavy (non-hydrogen) atoms. The van der Waals surface area contributed by atoms with Crippen molar-refractivity contribution in [3.63, 3.8) is 0 Å². The van der Waals surface area contributed by atoms with Gasteiger partial charge in [0.2, 0.25) is 0 Å². The second-order valence-electron chi connectivity index (χ2n) is 8.45. The number of hydrogen-bond donors (Lipinski definition) is 1. The fraction of sp³-hybridized carbons (Fsp3) is 1.00. The largest absolute Gasteiger partial charge is 0.327 e. The van der Waals surface area contributed by atoms with E-state index < -0.39 is 0 Å². The lowest BCUT2D eigenvalue weighted by Gasteiger charge is -2.43. The molecule has 0 radical (unpaired) electrons. The van der Waals surface area contributed by atoms with Crippen molar-refractivity contribution in [1.29, 1.82) is 0 Å². The van der Waals surface area contributed by atoms with Gasteiger partial charge in [-0.05, 0) is 68.4 Å². The Balaban J connectivity index is 1.84. The molecule has 2 N–H and O–H groups in total. The van der Waals surface area contributed by atoms with Crippen LogP contribution in [0.1, 0.15) is 66.2 Å². The summed E-state index contributed by atoms with van der Waals surface area (Å²) in [5, 5.41) is 0. The Kier molecular flexibility index (Phi) is 5.53. The standard InChI is InChI=1S/C18H36N2/c1-5-14-8-10-20(11-9-14)13-15-12-16(18(2,3)4)6-7-17(15)19/h14-17H,5-13,19H2,1-4H3. The second-order valence-corrected chi connectivity index (χ2v) is 8.45. The van der Waals surface area contributed by atoms with Crippen molar-refractivity contribution >= 4 is 0 Å². The maximum absolute atomic E-state index is 6.43. The van der Waals surface area contributed by atoms with Gasteiger partial charge in [-0.3, -0.25) is 0 Å². The van der Waals surface area contributed by atoms with Gasteiger partial charge in [-0.15, -0.1) is 0 Å². The third kappa shape index (κ3) is 4.21. The van der Waals surface area contributed by atoms with Crippen LogP contribution in [0.4, 0.5) is 0 Å². The molecule has 2 nitrogen and oxygen atoms in total. The van der Waals surface area contributed by atoms with Gasteiger partial charge < -0.3 is 10.6 Å². The van der Waals surface area contributed by atoms with Crippen molar-refractivity contribution in [3.8, 4) is 0 Å². The van der Waals surface area contributed by atoms with Crippen LogP contribution < -0.4 is 5.73 Å². The van der Waals surface area contributed by atoms with E-state index in [1.54, 1.807) is 0 Å². The van der Waals surface area contributed by atoms with Gasteiger partial charge >= 0.3 is 0 Å². The molecule has 0 spiro atoms. The summed E-state index contributed by atoms with van der Waals surface area (Å²) in [5.74, 6) is 2.57. The molecule has 2 rings (SSSR count). The molecular formula is C18H36N2. The van der Waals surface area contributed by atoms with Crippen LogP contribution in [0.3, 0.4) is 0 Å². The van der Waals surface area contributed by atoms with E-state index in [2.05, 4.69) is 32.6 Å². The Bertz CT molecular complexity index is 286. The van der Waals surface area contributed by atoms with E-state index in [9.17, 15) is 0 Å². The lowest BCUT2D eigenvalue weighted by Crippen LogP contribution is -2.46. The van der Waals surface area contributed by atoms with Crippen LogP contribution in [0.5, 0.6) is 0 Å². The fourth-order valence-electron chi connectivity index (χ4n) is 4.19. The van der Waals surface area contributed by atoms with Gasteiger partial charge in [0.15, 0.2) is 0 Å². The number of hydrogen-bond acceptors (Lipinski definition) is 2. The molecule has 0 amide bonds. The Morgan fingerprint density at radius 1 is 1.05 bits per heavy atom. The highest BCUT2D eigenvalue weighted by atomic mass is 15.1. The second kappa shape index (κ2) is 6.79. The van der Waals surface area contributed by atoms with Crippen LogP contribution in [0.15, 0.2) is 0 Å². The van der Waals surface area contributed by atoms with Crippen LogP contribution >= 0.6 is 0 Å². The molecule has 1 aliphatic heterocycles. The lowest BCUT2D eigenvalue weighted by molar-refractivity contribution is 0.0846. The summed E-state index contributed by atoms with van der Waals surface area (Å²) in [6.45, 7) is 13.4. The van der Waals surface area contributed by atoms with E-state index in [1.807, 2.05) is 0 Å². The minimum Gasteiger partial charge on any atom is -0.327 e. The molecule has 1 saturated heterocycles. The molecule has 0 bridgehead atoms. The molecule has 2 heteroatoms. The van der Waals surface area contributed by atoms with Crippen molar-refractivity contribution in [2.45, 2.75) is 72.3 Å². The van der Waals surface area contributed by atoms with Gasteiger partial charge in [0.05, 0.1) is 0 Å². The Labute approximate surface area is 126 Å². The summed E-state index contributed by atoms with van der Waals surface area (Å²) < 4.78 is 0. The molecule has 118 valence electrons. The number of nitrogens with two attached hydrogens (primary N) is 1. The van der Waals surface area contributed by atoms with Crippen molar-refractivity contribution in [3.05, 3.63) is 0 Å². The first-order valence-corrected chi connectivity index (χ1v) is 8.88. The molecular weight excluding hydrogens is 244 g/mol. The molecule has 0 aromatic heterocycles. The van der Waals surface area contributed by atoms with E-state index in [0.29, 0.717) is 11.5 Å². The normalized spacial score (nSPS) is 34.4. The fourth-order valence-corrected chi connectivity index (χ4v) is 4.19. The monoisotopic (exact) mass is 280 g/mol. The summed E-state index contributed by atoms with van der Waals surface area (Å²) in [6.07, 6.45) is 8.08. The summed E-state index contributed by atoms with van der Waals surface area (Å²) in [4.78, 5) is 2.70. The predicted molar refractivity (Wildman–Crippen MR) is 87.7 cm³/mol. The Morgan fingerprint density at radius 2 is 1.70 bits per heavy atom. The first-order chi connectivity index (χ1) is 9.40. The van der Waals surface area contributed by atoms with E-state index in [-0.39, 0.29) is 0 Å². The first-order valence-electron chi connectivity index (χ1n) is 8.88. The summed E-state index contributed by atoms with van der Waals surface area (Å²) >= 11 is 0. The highest BCUT2D eigenvalue weighted by molar-refractivity contribution is 4.89. The average Bonchev–Trinajstić information content (AvgIpc) is 2.41. The molecule has 1 heterocycles. The number of nitrogens with zero attached hydrogens (tertiary/aromatic N) is 1. The third-order valence-electron chi connectivity index (χ3n) is 6.04. The first kappa shape index (κ1) is 16.3. The van der Waals surface area contributed by atoms with Gasteiger partial charge in [0.25, 0.3) is 0 Å². The SMILES string of the molecule is CCC1CCN(CC2CC(C(C)(C)C)CCC2N)CC1. The highest BCUT2D eigenvalue weighted by Gasteiger charge is 2.35. The number of rotatable bonds is 3. The van der Waals surface area contributed by atoms with Gasteiger partial charge in [-0.25, -0.2) is 0 Å². The average molecular weight is 281 g/mol. The molecule has 2 fully saturated rings. The maximum atomic E-state index is 6.43. The molecule has 3 atom stereocenters. The van der Waals surface area contributed by atoms with Crippen LogP contribution in [0, 0.1) is 23.2 Å². The molecule has 3 unspecified atom stereocenters. The van der Waals surface area contributed by atoms with E-state index in [4.69, 9.17) is 5.73 Å². The zero-order valence-corrected chi connectivity index (χ0v) is 14.2. The van der Waals surface area contributed by atoms with Gasteiger partial charge in [0, 0.05) is 12.6 Å². The molecule has 2 aliphatic rings. The molecule has 0 aromatic rings.